The Balaban J connectivity index is 1.32. The summed E-state index contributed by atoms with van der Waals surface area (Å²) in [7, 11) is 0. The number of nitrogens with zero attached hydrogens (tertiary/aromatic N) is 2. The van der Waals surface area contributed by atoms with Crippen molar-refractivity contribution in [2.45, 2.75) is 23.9 Å². The van der Waals surface area contributed by atoms with E-state index in [-0.39, 0.29) is 29.4 Å². The van der Waals surface area contributed by atoms with Crippen molar-refractivity contribution in [1.29, 1.82) is 0 Å². The van der Waals surface area contributed by atoms with E-state index in [9.17, 15) is 14.0 Å². The van der Waals surface area contributed by atoms with Gasteiger partial charge in [0.1, 0.15) is 16.5 Å². The van der Waals surface area contributed by atoms with Crippen molar-refractivity contribution in [1.82, 2.24) is 15.5 Å². The number of hydrogen-bond acceptors (Lipinski definition) is 5. The predicted octanol–water partition coefficient (Wildman–Crippen LogP) is 5.06. The number of anilines is 1. The number of hydrogen-bond donors (Lipinski definition) is 2. The largest absolute Gasteiger partial charge is 0.349 e. The molecule has 2 amide bonds. The lowest BCUT2D eigenvalue weighted by Gasteiger charge is -2.12. The molecule has 6 nitrogen and oxygen atoms in total. The van der Waals surface area contributed by atoms with E-state index in [1.807, 2.05) is 24.3 Å². The van der Waals surface area contributed by atoms with Crippen LogP contribution in [0.5, 0.6) is 0 Å². The number of amides is 2. The zero-order valence-electron chi connectivity index (χ0n) is 18.1. The van der Waals surface area contributed by atoms with Gasteiger partial charge in [-0.2, -0.15) is 0 Å². The molecule has 5 rings (SSSR count). The molecule has 1 aromatic heterocycles. The van der Waals surface area contributed by atoms with Crippen molar-refractivity contribution < 1.29 is 14.0 Å². The number of benzene rings is 3. The van der Waals surface area contributed by atoms with E-state index in [2.05, 4.69) is 20.8 Å². The zero-order chi connectivity index (χ0) is 23.5. The summed E-state index contributed by atoms with van der Waals surface area (Å²) in [6.45, 7) is 0. The summed E-state index contributed by atoms with van der Waals surface area (Å²) in [5.41, 5.74) is 2.34. The summed E-state index contributed by atoms with van der Waals surface area (Å²) in [4.78, 5) is 25.2. The number of aromatic nitrogens is 2. The fraction of sp³-hybridized carbons (Fsp3) is 0.154. The topological polar surface area (TPSA) is 84.0 Å². The summed E-state index contributed by atoms with van der Waals surface area (Å²) in [5.74, 6) is -0.636. The minimum absolute atomic E-state index is 0.104. The highest BCUT2D eigenvalue weighted by molar-refractivity contribution is 8.00. The number of carbonyl (C=O) groups excluding carboxylic acids is 2. The van der Waals surface area contributed by atoms with Crippen molar-refractivity contribution in [2.24, 2.45) is 0 Å². The normalized spacial score (nSPS) is 13.0. The lowest BCUT2D eigenvalue weighted by molar-refractivity contribution is -0.113. The first kappa shape index (κ1) is 22.0. The third-order valence-corrected chi connectivity index (χ3v) is 6.45. The Morgan fingerprint density at radius 1 is 0.912 bits per heavy atom. The third kappa shape index (κ3) is 4.92. The Hall–Kier alpha value is -3.78. The van der Waals surface area contributed by atoms with E-state index in [0.717, 1.165) is 29.2 Å². The summed E-state index contributed by atoms with van der Waals surface area (Å²) in [5, 5.41) is 16.8. The fourth-order valence-electron chi connectivity index (χ4n) is 3.61. The fourth-order valence-corrected chi connectivity index (χ4v) is 4.38. The highest BCUT2D eigenvalue weighted by Crippen LogP contribution is 2.32. The third-order valence-electron chi connectivity index (χ3n) is 5.47. The van der Waals surface area contributed by atoms with Crippen LogP contribution in [0.1, 0.15) is 23.2 Å². The quantitative estimate of drug-likeness (QED) is 0.368. The number of fused-ring (bicyclic) bond motifs is 1. The van der Waals surface area contributed by atoms with Crippen molar-refractivity contribution in [3.05, 3.63) is 84.2 Å². The minimum atomic E-state index is -0.314. The lowest BCUT2D eigenvalue weighted by Crippen LogP contribution is -2.27. The molecule has 170 valence electrons. The molecule has 0 unspecified atom stereocenters. The first-order valence-corrected chi connectivity index (χ1v) is 11.9. The highest BCUT2D eigenvalue weighted by Gasteiger charge is 2.25. The maximum Gasteiger partial charge on any atom is 0.253 e. The molecule has 1 heterocycles. The SMILES string of the molecule is O=C(CSc1nnc(-c2ccc(F)cc2)c2ccccc12)Nc1ccccc1C(=O)NC1CC1. The molecule has 0 bridgehead atoms. The molecule has 3 aromatic carbocycles. The van der Waals surface area contributed by atoms with E-state index in [1.165, 1.54) is 23.9 Å². The number of rotatable bonds is 7. The van der Waals surface area contributed by atoms with Gasteiger partial charge in [-0.1, -0.05) is 48.2 Å². The summed E-state index contributed by atoms with van der Waals surface area (Å²) < 4.78 is 13.3. The van der Waals surface area contributed by atoms with Gasteiger partial charge < -0.3 is 10.6 Å². The van der Waals surface area contributed by atoms with E-state index in [0.29, 0.717) is 22.0 Å². The Morgan fingerprint density at radius 3 is 2.38 bits per heavy atom. The molecule has 0 saturated heterocycles. The molecule has 4 aromatic rings. The van der Waals surface area contributed by atoms with Crippen LogP contribution >= 0.6 is 11.8 Å². The second-order valence-electron chi connectivity index (χ2n) is 8.04. The molecular weight excluding hydrogens is 451 g/mol. The summed E-state index contributed by atoms with van der Waals surface area (Å²) in [6.07, 6.45) is 1.98. The van der Waals surface area contributed by atoms with Gasteiger partial charge in [0.15, 0.2) is 0 Å². The smallest absolute Gasteiger partial charge is 0.253 e. The maximum absolute atomic E-state index is 13.3. The standard InChI is InChI=1S/C26H21FN4O2S/c27-17-11-9-16(10-12-17)24-19-5-1-2-6-20(19)26(31-30-24)34-15-23(32)29-22-8-4-3-7-21(22)25(33)28-18-13-14-18/h1-12,18H,13-15H2,(H,28,33)(H,29,32). The van der Waals surface area contributed by atoms with Crippen molar-refractivity contribution in [2.75, 3.05) is 11.1 Å². The van der Waals surface area contributed by atoms with Crippen molar-refractivity contribution in [3.63, 3.8) is 0 Å². The Labute approximate surface area is 200 Å². The first-order chi connectivity index (χ1) is 16.6. The molecule has 8 heteroatoms. The Morgan fingerprint density at radius 2 is 1.62 bits per heavy atom. The molecule has 0 aliphatic heterocycles. The molecule has 1 aliphatic carbocycles. The average molecular weight is 473 g/mol. The van der Waals surface area contributed by atoms with Crippen LogP contribution in [0.15, 0.2) is 77.8 Å². The Bertz CT molecular complexity index is 1370. The monoisotopic (exact) mass is 472 g/mol. The Kier molecular flexibility index (Phi) is 6.22. The summed E-state index contributed by atoms with van der Waals surface area (Å²) >= 11 is 1.27. The average Bonchev–Trinajstić information content (AvgIpc) is 3.67. The van der Waals surface area contributed by atoms with Gasteiger partial charge in [0.05, 0.1) is 17.0 Å². The van der Waals surface area contributed by atoms with Crippen LogP contribution in [0.25, 0.3) is 22.0 Å². The van der Waals surface area contributed by atoms with Crippen LogP contribution in [-0.4, -0.2) is 33.8 Å². The predicted molar refractivity (Wildman–Crippen MR) is 131 cm³/mol. The maximum atomic E-state index is 13.3. The van der Waals surface area contributed by atoms with E-state index in [4.69, 9.17) is 0 Å². The van der Waals surface area contributed by atoms with Gasteiger partial charge in [-0.25, -0.2) is 4.39 Å². The molecule has 2 N–H and O–H groups in total. The lowest BCUT2D eigenvalue weighted by atomic mass is 10.1. The van der Waals surface area contributed by atoms with Gasteiger partial charge >= 0.3 is 0 Å². The van der Waals surface area contributed by atoms with Gasteiger partial charge in [-0.05, 0) is 49.2 Å². The number of thioether (sulfide) groups is 1. The van der Waals surface area contributed by atoms with Crippen LogP contribution in [0.2, 0.25) is 0 Å². The van der Waals surface area contributed by atoms with Crippen LogP contribution in [0.4, 0.5) is 10.1 Å². The second-order valence-corrected chi connectivity index (χ2v) is 9.00. The molecule has 0 radical (unpaired) electrons. The summed E-state index contributed by atoms with van der Waals surface area (Å²) in [6, 6.07) is 21.0. The molecule has 0 spiro atoms. The van der Waals surface area contributed by atoms with Crippen molar-refractivity contribution in [3.8, 4) is 11.3 Å². The van der Waals surface area contributed by atoms with E-state index in [1.54, 1.807) is 36.4 Å². The minimum Gasteiger partial charge on any atom is -0.349 e. The molecule has 1 aliphatic rings. The van der Waals surface area contributed by atoms with E-state index >= 15 is 0 Å². The van der Waals surface area contributed by atoms with Crippen LogP contribution in [0, 0.1) is 5.82 Å². The molecule has 1 saturated carbocycles. The van der Waals surface area contributed by atoms with Gasteiger partial charge in [0.2, 0.25) is 5.91 Å². The number of para-hydroxylation sites is 1. The number of nitrogens with one attached hydrogen (secondary N) is 2. The molecule has 34 heavy (non-hydrogen) atoms. The van der Waals surface area contributed by atoms with Gasteiger partial charge in [-0.3, -0.25) is 9.59 Å². The van der Waals surface area contributed by atoms with Gasteiger partial charge in [0, 0.05) is 22.4 Å². The van der Waals surface area contributed by atoms with E-state index < -0.39 is 0 Å². The molecular formula is C26H21FN4O2S. The zero-order valence-corrected chi connectivity index (χ0v) is 18.9. The van der Waals surface area contributed by atoms with Crippen molar-refractivity contribution >= 4 is 40.0 Å². The molecule has 0 atom stereocenters. The number of carbonyl (C=O) groups is 2. The second kappa shape index (κ2) is 9.61. The molecule has 1 fully saturated rings. The van der Waals surface area contributed by atoms with Gasteiger partial charge in [0.25, 0.3) is 5.91 Å². The van der Waals surface area contributed by atoms with Crippen LogP contribution in [0.3, 0.4) is 0 Å². The first-order valence-electron chi connectivity index (χ1n) is 10.9. The van der Waals surface area contributed by atoms with Crippen LogP contribution in [-0.2, 0) is 4.79 Å². The van der Waals surface area contributed by atoms with Crippen LogP contribution < -0.4 is 10.6 Å². The highest BCUT2D eigenvalue weighted by atomic mass is 32.2. The van der Waals surface area contributed by atoms with Gasteiger partial charge in [-0.15, -0.1) is 10.2 Å². The number of halogens is 1.